The first kappa shape index (κ1) is 13.4. The predicted molar refractivity (Wildman–Crippen MR) is 59.9 cm³/mol. The molecule has 0 bridgehead atoms. The largest absolute Gasteiger partial charge is 0.344 e. The second-order valence-electron chi connectivity index (χ2n) is 4.52. The second kappa shape index (κ2) is 6.02. The zero-order valence-corrected chi connectivity index (χ0v) is 10.1. The van der Waals surface area contributed by atoms with Crippen LogP contribution in [0.4, 0.5) is 0 Å². The summed E-state index contributed by atoms with van der Waals surface area (Å²) in [7, 11) is 1.82. The Morgan fingerprint density at radius 3 is 2.21 bits per heavy atom. The van der Waals surface area contributed by atoms with Crippen LogP contribution >= 0.6 is 0 Å². The molecule has 0 spiro atoms. The van der Waals surface area contributed by atoms with E-state index in [0.717, 1.165) is 13.0 Å². The molecule has 84 valence electrons. The highest BCUT2D eigenvalue weighted by Gasteiger charge is 2.22. The monoisotopic (exact) mass is 200 g/mol. The SMILES string of the molecule is CCC(C)[C@H](N)C(=O)N(C)CC(C)C. The Kier molecular flexibility index (Phi) is 5.77. The first-order valence-electron chi connectivity index (χ1n) is 5.40. The fourth-order valence-electron chi connectivity index (χ4n) is 1.39. The van der Waals surface area contributed by atoms with E-state index in [9.17, 15) is 4.79 Å². The molecule has 0 aliphatic rings. The average Bonchev–Trinajstić information content (AvgIpc) is 2.13. The van der Waals surface area contributed by atoms with Crippen LogP contribution in [0.3, 0.4) is 0 Å². The van der Waals surface area contributed by atoms with Gasteiger partial charge in [-0.2, -0.15) is 0 Å². The first-order valence-corrected chi connectivity index (χ1v) is 5.40. The Bertz CT molecular complexity index is 180. The van der Waals surface area contributed by atoms with E-state index in [1.165, 1.54) is 0 Å². The van der Waals surface area contributed by atoms with Crippen molar-refractivity contribution < 1.29 is 4.79 Å². The van der Waals surface area contributed by atoms with Crippen LogP contribution in [-0.2, 0) is 4.79 Å². The number of hydrogen-bond donors (Lipinski definition) is 1. The fourth-order valence-corrected chi connectivity index (χ4v) is 1.39. The molecular formula is C11H24N2O. The van der Waals surface area contributed by atoms with Crippen molar-refractivity contribution in [1.29, 1.82) is 0 Å². The van der Waals surface area contributed by atoms with Gasteiger partial charge in [0.2, 0.25) is 5.91 Å². The summed E-state index contributed by atoms with van der Waals surface area (Å²) >= 11 is 0. The van der Waals surface area contributed by atoms with E-state index in [0.29, 0.717) is 5.92 Å². The fraction of sp³-hybridized carbons (Fsp3) is 0.909. The van der Waals surface area contributed by atoms with Crippen molar-refractivity contribution in [3.05, 3.63) is 0 Å². The van der Waals surface area contributed by atoms with Crippen LogP contribution in [-0.4, -0.2) is 30.4 Å². The Morgan fingerprint density at radius 2 is 1.86 bits per heavy atom. The van der Waals surface area contributed by atoms with Crippen molar-refractivity contribution in [2.75, 3.05) is 13.6 Å². The third-order valence-electron chi connectivity index (χ3n) is 2.56. The summed E-state index contributed by atoms with van der Waals surface area (Å²) in [6.07, 6.45) is 0.947. The summed E-state index contributed by atoms with van der Waals surface area (Å²) in [6, 6.07) is -0.344. The second-order valence-corrected chi connectivity index (χ2v) is 4.52. The minimum Gasteiger partial charge on any atom is -0.344 e. The van der Waals surface area contributed by atoms with Gasteiger partial charge < -0.3 is 10.6 Å². The summed E-state index contributed by atoms with van der Waals surface area (Å²) in [5.41, 5.74) is 5.86. The van der Waals surface area contributed by atoms with Crippen molar-refractivity contribution in [3.63, 3.8) is 0 Å². The summed E-state index contributed by atoms with van der Waals surface area (Å²) in [6.45, 7) is 9.05. The Labute approximate surface area is 87.6 Å². The molecule has 0 aromatic carbocycles. The number of likely N-dealkylation sites (N-methyl/N-ethyl adjacent to an activating group) is 1. The normalized spacial score (nSPS) is 15.4. The molecule has 0 aliphatic carbocycles. The van der Waals surface area contributed by atoms with Gasteiger partial charge in [0.05, 0.1) is 6.04 Å². The molecule has 3 nitrogen and oxygen atoms in total. The minimum atomic E-state index is -0.344. The molecule has 2 atom stereocenters. The van der Waals surface area contributed by atoms with Crippen molar-refractivity contribution in [2.24, 2.45) is 17.6 Å². The Hall–Kier alpha value is -0.570. The molecule has 0 aliphatic heterocycles. The smallest absolute Gasteiger partial charge is 0.239 e. The molecule has 0 aromatic heterocycles. The molecule has 2 N–H and O–H groups in total. The summed E-state index contributed by atoms with van der Waals surface area (Å²) in [5.74, 6) is 0.818. The number of nitrogens with zero attached hydrogens (tertiary/aromatic N) is 1. The molecular weight excluding hydrogens is 176 g/mol. The zero-order valence-electron chi connectivity index (χ0n) is 10.1. The summed E-state index contributed by atoms with van der Waals surface area (Å²) in [4.78, 5) is 13.5. The van der Waals surface area contributed by atoms with Crippen LogP contribution in [0.15, 0.2) is 0 Å². The lowest BCUT2D eigenvalue weighted by Crippen LogP contribution is -2.46. The van der Waals surface area contributed by atoms with Gasteiger partial charge in [0.15, 0.2) is 0 Å². The number of hydrogen-bond acceptors (Lipinski definition) is 2. The van der Waals surface area contributed by atoms with Crippen LogP contribution in [0, 0.1) is 11.8 Å². The number of nitrogens with two attached hydrogens (primary N) is 1. The van der Waals surface area contributed by atoms with Gasteiger partial charge in [0.1, 0.15) is 0 Å². The topological polar surface area (TPSA) is 46.3 Å². The van der Waals surface area contributed by atoms with E-state index in [1.807, 2.05) is 14.0 Å². The maximum atomic E-state index is 11.8. The maximum Gasteiger partial charge on any atom is 0.239 e. The summed E-state index contributed by atoms with van der Waals surface area (Å²) < 4.78 is 0. The van der Waals surface area contributed by atoms with Gasteiger partial charge in [-0.3, -0.25) is 4.79 Å². The number of amides is 1. The highest BCUT2D eigenvalue weighted by molar-refractivity contribution is 5.81. The van der Waals surface area contributed by atoms with Crippen LogP contribution in [0.1, 0.15) is 34.1 Å². The minimum absolute atomic E-state index is 0.0630. The average molecular weight is 200 g/mol. The number of rotatable bonds is 5. The lowest BCUT2D eigenvalue weighted by atomic mass is 9.99. The highest BCUT2D eigenvalue weighted by Crippen LogP contribution is 2.08. The molecule has 0 saturated carbocycles. The van der Waals surface area contributed by atoms with Crippen molar-refractivity contribution in [2.45, 2.75) is 40.2 Å². The van der Waals surface area contributed by atoms with Gasteiger partial charge >= 0.3 is 0 Å². The number of carbonyl (C=O) groups excluding carboxylic acids is 1. The van der Waals surface area contributed by atoms with Crippen LogP contribution in [0.25, 0.3) is 0 Å². The first-order chi connectivity index (χ1) is 6.40. The Balaban J connectivity index is 4.17. The molecule has 0 fully saturated rings. The molecule has 0 rings (SSSR count). The zero-order chi connectivity index (χ0) is 11.3. The molecule has 0 saturated heterocycles. The van der Waals surface area contributed by atoms with E-state index in [2.05, 4.69) is 20.8 Å². The predicted octanol–water partition coefficient (Wildman–Crippen LogP) is 1.47. The Morgan fingerprint density at radius 1 is 1.36 bits per heavy atom. The third-order valence-corrected chi connectivity index (χ3v) is 2.56. The molecule has 0 radical (unpaired) electrons. The van der Waals surface area contributed by atoms with Gasteiger partial charge in [-0.25, -0.2) is 0 Å². The van der Waals surface area contributed by atoms with Gasteiger partial charge in [-0.15, -0.1) is 0 Å². The van der Waals surface area contributed by atoms with E-state index in [4.69, 9.17) is 5.73 Å². The van der Waals surface area contributed by atoms with Crippen molar-refractivity contribution >= 4 is 5.91 Å². The van der Waals surface area contributed by atoms with Crippen molar-refractivity contribution in [1.82, 2.24) is 4.90 Å². The quantitative estimate of drug-likeness (QED) is 0.730. The molecule has 1 unspecified atom stereocenters. The van der Waals surface area contributed by atoms with E-state index >= 15 is 0 Å². The van der Waals surface area contributed by atoms with E-state index in [-0.39, 0.29) is 17.9 Å². The molecule has 1 amide bonds. The standard InChI is InChI=1S/C11H24N2O/c1-6-9(4)10(12)11(14)13(5)7-8(2)3/h8-10H,6-7,12H2,1-5H3/t9?,10-/m0/s1. The van der Waals surface area contributed by atoms with Crippen molar-refractivity contribution in [3.8, 4) is 0 Å². The maximum absolute atomic E-state index is 11.8. The van der Waals surface area contributed by atoms with Gasteiger partial charge in [-0.1, -0.05) is 34.1 Å². The summed E-state index contributed by atoms with van der Waals surface area (Å²) in [5, 5.41) is 0. The molecule has 0 heterocycles. The number of carbonyl (C=O) groups is 1. The van der Waals surface area contributed by atoms with Gasteiger partial charge in [-0.05, 0) is 11.8 Å². The van der Waals surface area contributed by atoms with Gasteiger partial charge in [0, 0.05) is 13.6 Å². The van der Waals surface area contributed by atoms with Crippen LogP contribution in [0.5, 0.6) is 0 Å². The van der Waals surface area contributed by atoms with Gasteiger partial charge in [0.25, 0.3) is 0 Å². The molecule has 0 aromatic rings. The lowest BCUT2D eigenvalue weighted by Gasteiger charge is -2.25. The third kappa shape index (κ3) is 4.09. The lowest BCUT2D eigenvalue weighted by molar-refractivity contribution is -0.132. The van der Waals surface area contributed by atoms with Crippen LogP contribution < -0.4 is 5.73 Å². The highest BCUT2D eigenvalue weighted by atomic mass is 16.2. The van der Waals surface area contributed by atoms with Crippen LogP contribution in [0.2, 0.25) is 0 Å². The molecule has 14 heavy (non-hydrogen) atoms. The molecule has 3 heteroatoms. The van der Waals surface area contributed by atoms with E-state index < -0.39 is 0 Å². The van der Waals surface area contributed by atoms with E-state index in [1.54, 1.807) is 4.90 Å².